The van der Waals surface area contributed by atoms with Crippen LogP contribution in [0.4, 0.5) is 4.39 Å². The lowest BCUT2D eigenvalue weighted by atomic mass is 10.2. The second kappa shape index (κ2) is 8.14. The molecule has 0 fully saturated rings. The first kappa shape index (κ1) is 16.8. The first-order valence-electron chi connectivity index (χ1n) is 6.62. The van der Waals surface area contributed by atoms with E-state index < -0.39 is 11.7 Å². The molecule has 0 aliphatic carbocycles. The van der Waals surface area contributed by atoms with Crippen LogP contribution in [0.5, 0.6) is 11.5 Å². The lowest BCUT2D eigenvalue weighted by Crippen LogP contribution is -2.24. The van der Waals surface area contributed by atoms with E-state index in [1.54, 1.807) is 31.4 Å². The van der Waals surface area contributed by atoms with E-state index in [9.17, 15) is 9.18 Å². The lowest BCUT2D eigenvalue weighted by Gasteiger charge is -2.06. The van der Waals surface area contributed by atoms with Crippen LogP contribution in [0.25, 0.3) is 0 Å². The molecule has 2 aromatic carbocycles. The minimum atomic E-state index is -0.441. The summed E-state index contributed by atoms with van der Waals surface area (Å²) >= 11 is 5.83. The molecule has 5 nitrogen and oxygen atoms in total. The number of benzene rings is 2. The second-order valence-electron chi connectivity index (χ2n) is 4.42. The Balaban J connectivity index is 1.81. The maximum Gasteiger partial charge on any atom is 0.277 e. The number of carbonyl (C=O) groups is 1. The number of halogens is 2. The molecule has 1 N–H and O–H groups in total. The van der Waals surface area contributed by atoms with Crippen molar-refractivity contribution in [3.05, 3.63) is 58.9 Å². The summed E-state index contributed by atoms with van der Waals surface area (Å²) in [4.78, 5) is 11.6. The van der Waals surface area contributed by atoms with Crippen LogP contribution in [0.2, 0.25) is 5.02 Å². The summed E-state index contributed by atoms with van der Waals surface area (Å²) in [5.41, 5.74) is 2.78. The van der Waals surface area contributed by atoms with E-state index in [0.717, 1.165) is 6.07 Å². The largest absolute Gasteiger partial charge is 0.497 e. The van der Waals surface area contributed by atoms with Crippen molar-refractivity contribution >= 4 is 23.7 Å². The molecule has 2 aromatic rings. The third kappa shape index (κ3) is 5.27. The van der Waals surface area contributed by atoms with Gasteiger partial charge in [0, 0.05) is 5.56 Å². The van der Waals surface area contributed by atoms with Gasteiger partial charge in [-0.05, 0) is 42.5 Å². The molecule has 0 bridgehead atoms. The zero-order valence-corrected chi connectivity index (χ0v) is 13.0. The number of rotatable bonds is 6. The molecule has 120 valence electrons. The zero-order valence-electron chi connectivity index (χ0n) is 12.3. The molecule has 0 saturated heterocycles. The van der Waals surface area contributed by atoms with Gasteiger partial charge in [0.15, 0.2) is 6.61 Å². The van der Waals surface area contributed by atoms with Gasteiger partial charge >= 0.3 is 0 Å². The fourth-order valence-electron chi connectivity index (χ4n) is 1.63. The molecular formula is C16H14ClFN2O3. The van der Waals surface area contributed by atoms with Gasteiger partial charge in [-0.1, -0.05) is 11.6 Å². The van der Waals surface area contributed by atoms with Crippen molar-refractivity contribution in [1.29, 1.82) is 0 Å². The maximum absolute atomic E-state index is 12.9. The molecule has 0 radical (unpaired) electrons. The number of carbonyl (C=O) groups excluding carboxylic acids is 1. The predicted octanol–water partition coefficient (Wildman–Crippen LogP) is 3.02. The molecule has 0 atom stereocenters. The highest BCUT2D eigenvalue weighted by atomic mass is 35.5. The molecule has 0 aliphatic heterocycles. The smallest absolute Gasteiger partial charge is 0.277 e. The average molecular weight is 337 g/mol. The number of hydrogen-bond acceptors (Lipinski definition) is 4. The summed E-state index contributed by atoms with van der Waals surface area (Å²) in [5, 5.41) is 3.95. The van der Waals surface area contributed by atoms with Crippen molar-refractivity contribution in [2.24, 2.45) is 5.10 Å². The van der Waals surface area contributed by atoms with Gasteiger partial charge in [-0.2, -0.15) is 5.10 Å². The zero-order chi connectivity index (χ0) is 16.7. The average Bonchev–Trinajstić information content (AvgIpc) is 2.55. The molecule has 7 heteroatoms. The van der Waals surface area contributed by atoms with E-state index in [1.165, 1.54) is 18.3 Å². The Morgan fingerprint density at radius 1 is 1.26 bits per heavy atom. The normalized spacial score (nSPS) is 10.6. The summed E-state index contributed by atoms with van der Waals surface area (Å²) < 4.78 is 23.2. The van der Waals surface area contributed by atoms with Gasteiger partial charge in [0.05, 0.1) is 18.3 Å². The topological polar surface area (TPSA) is 59.9 Å². The molecule has 0 aromatic heterocycles. The summed E-state index contributed by atoms with van der Waals surface area (Å²) in [6, 6.07) is 10.7. The predicted molar refractivity (Wildman–Crippen MR) is 85.6 cm³/mol. The van der Waals surface area contributed by atoms with Crippen LogP contribution < -0.4 is 14.9 Å². The van der Waals surface area contributed by atoms with E-state index >= 15 is 0 Å². The van der Waals surface area contributed by atoms with E-state index in [2.05, 4.69) is 10.5 Å². The molecule has 1 amide bonds. The maximum atomic E-state index is 12.9. The summed E-state index contributed by atoms with van der Waals surface area (Å²) in [5.74, 6) is 0.355. The van der Waals surface area contributed by atoms with Gasteiger partial charge in [-0.3, -0.25) is 4.79 Å². The van der Waals surface area contributed by atoms with Gasteiger partial charge < -0.3 is 9.47 Å². The van der Waals surface area contributed by atoms with Crippen LogP contribution >= 0.6 is 11.6 Å². The minimum Gasteiger partial charge on any atom is -0.497 e. The van der Waals surface area contributed by atoms with E-state index in [4.69, 9.17) is 21.1 Å². The van der Waals surface area contributed by atoms with Crippen LogP contribution in [0.15, 0.2) is 47.6 Å². The molecule has 0 saturated carbocycles. The number of nitrogens with zero attached hydrogens (tertiary/aromatic N) is 1. The fourth-order valence-corrected chi connectivity index (χ4v) is 1.85. The van der Waals surface area contributed by atoms with Crippen molar-refractivity contribution in [3.8, 4) is 11.5 Å². The Kier molecular flexibility index (Phi) is 5.94. The van der Waals surface area contributed by atoms with E-state index in [0.29, 0.717) is 17.1 Å². The van der Waals surface area contributed by atoms with Crippen LogP contribution in [-0.4, -0.2) is 25.8 Å². The SMILES string of the molecule is COc1ccc(OCC(=O)NN=Cc2ccc(F)cc2Cl)cc1. The highest BCUT2D eigenvalue weighted by Gasteiger charge is 2.03. The van der Waals surface area contributed by atoms with E-state index in [1.807, 2.05) is 0 Å². The van der Waals surface area contributed by atoms with Gasteiger partial charge in [0.1, 0.15) is 17.3 Å². The quantitative estimate of drug-likeness (QED) is 0.651. The van der Waals surface area contributed by atoms with Crippen LogP contribution in [0.1, 0.15) is 5.56 Å². The second-order valence-corrected chi connectivity index (χ2v) is 4.83. The third-order valence-electron chi connectivity index (χ3n) is 2.78. The number of hydrogen-bond donors (Lipinski definition) is 1. The molecule has 0 unspecified atom stereocenters. The standard InChI is InChI=1S/C16H14ClFN2O3/c1-22-13-4-6-14(7-5-13)23-10-16(21)20-19-9-11-2-3-12(18)8-15(11)17/h2-9H,10H2,1H3,(H,20,21). The number of hydrazone groups is 1. The van der Waals surface area contributed by atoms with Crippen molar-refractivity contribution in [1.82, 2.24) is 5.43 Å². The lowest BCUT2D eigenvalue weighted by molar-refractivity contribution is -0.123. The van der Waals surface area contributed by atoms with Gasteiger partial charge in [0.25, 0.3) is 5.91 Å². The molecule has 0 spiro atoms. The molecule has 23 heavy (non-hydrogen) atoms. The minimum absolute atomic E-state index is 0.194. The van der Waals surface area contributed by atoms with Crippen LogP contribution in [0.3, 0.4) is 0 Å². The van der Waals surface area contributed by atoms with Crippen LogP contribution in [0, 0.1) is 5.82 Å². The molecule has 0 aliphatic rings. The van der Waals surface area contributed by atoms with E-state index in [-0.39, 0.29) is 11.6 Å². The Hall–Kier alpha value is -2.60. The van der Waals surface area contributed by atoms with Gasteiger partial charge in [0.2, 0.25) is 0 Å². The monoisotopic (exact) mass is 336 g/mol. The van der Waals surface area contributed by atoms with Crippen molar-refractivity contribution < 1.29 is 18.7 Å². The Labute approximate surface area is 137 Å². The number of methoxy groups -OCH3 is 1. The molecule has 0 heterocycles. The van der Waals surface area contributed by atoms with Gasteiger partial charge in [-0.25, -0.2) is 9.82 Å². The summed E-state index contributed by atoms with van der Waals surface area (Å²) in [6.07, 6.45) is 1.33. The highest BCUT2D eigenvalue weighted by Crippen LogP contribution is 2.17. The summed E-state index contributed by atoms with van der Waals surface area (Å²) in [7, 11) is 1.56. The number of amides is 1. The van der Waals surface area contributed by atoms with Crippen molar-refractivity contribution in [3.63, 3.8) is 0 Å². The van der Waals surface area contributed by atoms with Crippen molar-refractivity contribution in [2.75, 3.05) is 13.7 Å². The Morgan fingerprint density at radius 3 is 2.61 bits per heavy atom. The fraction of sp³-hybridized carbons (Fsp3) is 0.125. The van der Waals surface area contributed by atoms with Crippen molar-refractivity contribution in [2.45, 2.75) is 0 Å². The Bertz CT molecular complexity index is 705. The molecule has 2 rings (SSSR count). The third-order valence-corrected chi connectivity index (χ3v) is 3.11. The first-order valence-corrected chi connectivity index (χ1v) is 7.00. The number of nitrogens with one attached hydrogen (secondary N) is 1. The summed E-state index contributed by atoms with van der Waals surface area (Å²) in [6.45, 7) is -0.194. The molecular weight excluding hydrogens is 323 g/mol. The van der Waals surface area contributed by atoms with Gasteiger partial charge in [-0.15, -0.1) is 0 Å². The first-order chi connectivity index (χ1) is 11.1. The Morgan fingerprint density at radius 2 is 1.96 bits per heavy atom. The highest BCUT2D eigenvalue weighted by molar-refractivity contribution is 6.33. The van der Waals surface area contributed by atoms with Crippen LogP contribution in [-0.2, 0) is 4.79 Å². The number of ether oxygens (including phenoxy) is 2.